The molecule has 7 heteroatoms. The van der Waals surface area contributed by atoms with E-state index in [9.17, 15) is 18.5 Å². The van der Waals surface area contributed by atoms with Crippen molar-refractivity contribution in [2.24, 2.45) is 5.92 Å². The Labute approximate surface area is 131 Å². The molecular formula is C15H22N2O4S. The van der Waals surface area contributed by atoms with Crippen LogP contribution in [0.25, 0.3) is 0 Å². The third kappa shape index (κ3) is 4.04. The molecule has 0 spiro atoms. The number of nitro benzene ring substituents is 1. The molecule has 0 radical (unpaired) electrons. The highest BCUT2D eigenvalue weighted by atomic mass is 32.2. The molecule has 122 valence electrons. The number of piperidine rings is 1. The van der Waals surface area contributed by atoms with Gasteiger partial charge in [0, 0.05) is 18.2 Å². The summed E-state index contributed by atoms with van der Waals surface area (Å²) in [5, 5.41) is 10.6. The first-order chi connectivity index (χ1) is 10.3. The Kier molecular flexibility index (Phi) is 5.18. The molecule has 0 aromatic heterocycles. The first kappa shape index (κ1) is 16.9. The third-order valence-corrected chi connectivity index (χ3v) is 6.22. The summed E-state index contributed by atoms with van der Waals surface area (Å²) in [6.07, 6.45) is 2.20. The highest BCUT2D eigenvalue weighted by Gasteiger charge is 2.26. The van der Waals surface area contributed by atoms with Gasteiger partial charge in [0.15, 0.2) is 9.84 Å². The zero-order chi connectivity index (χ0) is 16.3. The molecule has 22 heavy (non-hydrogen) atoms. The van der Waals surface area contributed by atoms with E-state index in [4.69, 9.17) is 0 Å². The number of nitrogens with zero attached hydrogens (tertiary/aromatic N) is 2. The summed E-state index contributed by atoms with van der Waals surface area (Å²) in [4.78, 5) is 12.4. The Balaban J connectivity index is 2.05. The van der Waals surface area contributed by atoms with Crippen LogP contribution in [-0.4, -0.2) is 43.1 Å². The van der Waals surface area contributed by atoms with E-state index >= 15 is 0 Å². The van der Waals surface area contributed by atoms with E-state index in [-0.39, 0.29) is 22.4 Å². The minimum absolute atomic E-state index is 0.0409. The van der Waals surface area contributed by atoms with Crippen molar-refractivity contribution in [1.29, 1.82) is 0 Å². The lowest BCUT2D eigenvalue weighted by Crippen LogP contribution is -2.42. The smallest absolute Gasteiger partial charge is 0.269 e. The molecule has 1 saturated heterocycles. The quantitative estimate of drug-likeness (QED) is 0.613. The number of likely N-dealkylation sites (tertiary alicyclic amines) is 1. The van der Waals surface area contributed by atoms with Gasteiger partial charge < -0.3 is 0 Å². The molecule has 1 atom stereocenters. The van der Waals surface area contributed by atoms with E-state index in [0.717, 1.165) is 25.9 Å². The number of sulfone groups is 1. The second-order valence-electron chi connectivity index (χ2n) is 6.10. The minimum Gasteiger partial charge on any atom is -0.300 e. The average molecular weight is 326 g/mol. The number of rotatable bonds is 5. The van der Waals surface area contributed by atoms with Gasteiger partial charge in [-0.15, -0.1) is 0 Å². The Morgan fingerprint density at radius 1 is 1.27 bits per heavy atom. The predicted molar refractivity (Wildman–Crippen MR) is 84.6 cm³/mol. The van der Waals surface area contributed by atoms with Crippen LogP contribution in [0, 0.1) is 16.0 Å². The first-order valence-electron chi connectivity index (χ1n) is 7.51. The van der Waals surface area contributed by atoms with Crippen LogP contribution in [0.3, 0.4) is 0 Å². The van der Waals surface area contributed by atoms with Crippen LogP contribution >= 0.6 is 0 Å². The van der Waals surface area contributed by atoms with E-state index in [1.807, 2.05) is 6.92 Å². The normalized spacial score (nSPS) is 19.0. The second-order valence-corrected chi connectivity index (χ2v) is 8.13. The third-order valence-electron chi connectivity index (χ3n) is 4.31. The van der Waals surface area contributed by atoms with Gasteiger partial charge in [-0.25, -0.2) is 8.42 Å². The zero-order valence-electron chi connectivity index (χ0n) is 12.9. The number of non-ortho nitro benzene ring substituents is 1. The number of hydrogen-bond acceptors (Lipinski definition) is 5. The van der Waals surface area contributed by atoms with Gasteiger partial charge in [-0.05, 0) is 50.9 Å². The summed E-state index contributed by atoms with van der Waals surface area (Å²) in [5.74, 6) is 0.744. The van der Waals surface area contributed by atoms with Crippen LogP contribution in [-0.2, 0) is 9.84 Å². The molecule has 1 aliphatic heterocycles. The van der Waals surface area contributed by atoms with Crippen LogP contribution in [0.1, 0.15) is 26.7 Å². The van der Waals surface area contributed by atoms with E-state index in [1.165, 1.54) is 24.3 Å². The van der Waals surface area contributed by atoms with Crippen LogP contribution < -0.4 is 0 Å². The SMILES string of the molecule is CC1CCN(C(C)CS(=O)(=O)c2ccc([N+](=O)[O-])cc2)CC1. The topological polar surface area (TPSA) is 80.5 Å². The van der Waals surface area contributed by atoms with Crippen LogP contribution in [0.5, 0.6) is 0 Å². The van der Waals surface area contributed by atoms with E-state index < -0.39 is 14.8 Å². The van der Waals surface area contributed by atoms with Crippen molar-refractivity contribution in [3.05, 3.63) is 34.4 Å². The molecule has 0 bridgehead atoms. The highest BCUT2D eigenvalue weighted by Crippen LogP contribution is 2.21. The molecule has 1 heterocycles. The Bertz CT molecular complexity index is 619. The van der Waals surface area contributed by atoms with Crippen molar-refractivity contribution in [2.45, 2.75) is 37.6 Å². The van der Waals surface area contributed by atoms with E-state index in [1.54, 1.807) is 0 Å². The molecule has 0 N–H and O–H groups in total. The van der Waals surface area contributed by atoms with Gasteiger partial charge in [-0.1, -0.05) is 6.92 Å². The van der Waals surface area contributed by atoms with Gasteiger partial charge in [0.05, 0.1) is 15.6 Å². The second kappa shape index (κ2) is 6.75. The Morgan fingerprint density at radius 2 is 1.82 bits per heavy atom. The fraction of sp³-hybridized carbons (Fsp3) is 0.600. The summed E-state index contributed by atoms with van der Waals surface area (Å²) in [7, 11) is -3.43. The lowest BCUT2D eigenvalue weighted by Gasteiger charge is -2.34. The molecular weight excluding hydrogens is 304 g/mol. The predicted octanol–water partition coefficient (Wildman–Crippen LogP) is 2.49. The van der Waals surface area contributed by atoms with E-state index in [0.29, 0.717) is 5.92 Å². The Hall–Kier alpha value is -1.47. The molecule has 0 aliphatic carbocycles. The van der Waals surface area contributed by atoms with Crippen molar-refractivity contribution < 1.29 is 13.3 Å². The van der Waals surface area contributed by atoms with Crippen molar-refractivity contribution >= 4 is 15.5 Å². The zero-order valence-corrected chi connectivity index (χ0v) is 13.8. The lowest BCUT2D eigenvalue weighted by atomic mass is 9.98. The van der Waals surface area contributed by atoms with Gasteiger partial charge >= 0.3 is 0 Å². The maximum atomic E-state index is 12.4. The van der Waals surface area contributed by atoms with Gasteiger partial charge in [-0.2, -0.15) is 0 Å². The van der Waals surface area contributed by atoms with Crippen molar-refractivity contribution in [3.8, 4) is 0 Å². The summed E-state index contributed by atoms with van der Waals surface area (Å²) < 4.78 is 24.9. The molecule has 0 saturated carbocycles. The fourth-order valence-corrected chi connectivity index (χ4v) is 4.35. The standard InChI is InChI=1S/C15H22N2O4S/c1-12-7-9-16(10-8-12)13(2)11-22(20,21)15-5-3-14(4-6-15)17(18)19/h3-6,12-13H,7-11H2,1-2H3. The summed E-state index contributed by atoms with van der Waals surface area (Å²) >= 11 is 0. The summed E-state index contributed by atoms with van der Waals surface area (Å²) in [6.45, 7) is 6.00. The Morgan fingerprint density at radius 3 is 2.32 bits per heavy atom. The molecule has 6 nitrogen and oxygen atoms in total. The molecule has 1 aliphatic rings. The van der Waals surface area contributed by atoms with Crippen molar-refractivity contribution in [3.63, 3.8) is 0 Å². The molecule has 1 aromatic carbocycles. The summed E-state index contributed by atoms with van der Waals surface area (Å²) in [6, 6.07) is 5.06. The number of benzene rings is 1. The monoisotopic (exact) mass is 326 g/mol. The van der Waals surface area contributed by atoms with Crippen LogP contribution in [0.2, 0.25) is 0 Å². The van der Waals surface area contributed by atoms with Gasteiger partial charge in [0.2, 0.25) is 0 Å². The van der Waals surface area contributed by atoms with Crippen LogP contribution in [0.15, 0.2) is 29.2 Å². The van der Waals surface area contributed by atoms with Crippen LogP contribution in [0.4, 0.5) is 5.69 Å². The van der Waals surface area contributed by atoms with E-state index in [2.05, 4.69) is 11.8 Å². The molecule has 0 amide bonds. The molecule has 1 fully saturated rings. The molecule has 1 unspecified atom stereocenters. The lowest BCUT2D eigenvalue weighted by molar-refractivity contribution is -0.384. The molecule has 1 aromatic rings. The minimum atomic E-state index is -3.43. The van der Waals surface area contributed by atoms with Gasteiger partial charge in [0.25, 0.3) is 5.69 Å². The fourth-order valence-electron chi connectivity index (χ4n) is 2.76. The van der Waals surface area contributed by atoms with Crippen molar-refractivity contribution in [1.82, 2.24) is 4.90 Å². The first-order valence-corrected chi connectivity index (χ1v) is 9.16. The maximum Gasteiger partial charge on any atom is 0.269 e. The largest absolute Gasteiger partial charge is 0.300 e. The summed E-state index contributed by atoms with van der Waals surface area (Å²) in [5.41, 5.74) is -0.1000. The maximum absolute atomic E-state index is 12.4. The number of nitro groups is 1. The van der Waals surface area contributed by atoms with Gasteiger partial charge in [0.1, 0.15) is 0 Å². The van der Waals surface area contributed by atoms with Gasteiger partial charge in [-0.3, -0.25) is 15.0 Å². The van der Waals surface area contributed by atoms with Crippen molar-refractivity contribution in [2.75, 3.05) is 18.8 Å². The molecule has 2 rings (SSSR count). The number of hydrogen-bond donors (Lipinski definition) is 0. The average Bonchev–Trinajstić information content (AvgIpc) is 2.47. The highest BCUT2D eigenvalue weighted by molar-refractivity contribution is 7.91.